The van der Waals surface area contributed by atoms with Crippen LogP contribution in [0.5, 0.6) is 0 Å². The van der Waals surface area contributed by atoms with Crippen molar-refractivity contribution in [3.63, 3.8) is 0 Å². The van der Waals surface area contributed by atoms with Crippen molar-refractivity contribution in [1.29, 1.82) is 0 Å². The molecule has 0 spiro atoms. The van der Waals surface area contributed by atoms with Crippen LogP contribution in [0.1, 0.15) is 322 Å². The van der Waals surface area contributed by atoms with Crippen LogP contribution >= 0.6 is 0 Å². The molecule has 0 aromatic heterocycles. The van der Waals surface area contributed by atoms with Gasteiger partial charge in [0.2, 0.25) is 0 Å². The maximum atomic E-state index is 12.9. The molecule has 0 saturated carbocycles. The van der Waals surface area contributed by atoms with Crippen molar-refractivity contribution in [2.45, 2.75) is 334 Å². The van der Waals surface area contributed by atoms with E-state index in [0.717, 1.165) is 70.6 Å². The molecule has 2 atom stereocenters. The van der Waals surface area contributed by atoms with Crippen molar-refractivity contribution in [1.82, 2.24) is 0 Å². The zero-order chi connectivity index (χ0) is 56.2. The maximum absolute atomic E-state index is 12.9. The van der Waals surface area contributed by atoms with E-state index in [1.54, 1.807) is 0 Å². The number of nitrogens with zero attached hydrogens (tertiary/aromatic N) is 1. The lowest BCUT2D eigenvalue weighted by atomic mass is 10.0. The number of carbonyl (C=O) groups excluding carboxylic acids is 3. The first-order chi connectivity index (χ1) is 37.6. The van der Waals surface area contributed by atoms with Gasteiger partial charge in [-0.05, 0) is 51.4 Å². The first kappa shape index (κ1) is 74.5. The SMILES string of the molecule is CCCCC/C=C\C/C=C\C/C=C\CCCCCCCCC(=O)OC(COC(=O)CCCCCCCCCCCCCCCCCCCCCCCCCCCCCCCCCCC)COC(OCC[N+](C)(C)C)C(=O)[O-]. The van der Waals surface area contributed by atoms with Gasteiger partial charge in [0.1, 0.15) is 13.2 Å². The molecule has 9 nitrogen and oxygen atoms in total. The van der Waals surface area contributed by atoms with E-state index in [9.17, 15) is 19.5 Å². The molecule has 0 aromatic rings. The van der Waals surface area contributed by atoms with Crippen molar-refractivity contribution in [3.8, 4) is 0 Å². The molecule has 0 heterocycles. The second kappa shape index (κ2) is 59.6. The first-order valence-electron chi connectivity index (χ1n) is 33.1. The minimum atomic E-state index is -1.62. The summed E-state index contributed by atoms with van der Waals surface area (Å²) in [5, 5.41) is 11.8. The maximum Gasteiger partial charge on any atom is 0.306 e. The minimum absolute atomic E-state index is 0.146. The Balaban J connectivity index is 4.05. The standard InChI is InChI=1S/C68H127NO8/c1-6-8-10-12-14-16-18-20-22-24-26-27-28-29-30-31-32-33-34-35-36-37-38-39-41-42-44-46-48-50-52-54-56-58-65(70)75-62-64(63-76-68(67(72)73)74-61-60-69(3,4)5)77-66(71)59-57-55-53-51-49-47-45-43-40-25-23-21-19-17-15-13-11-9-7-2/h15,17,21,23,40,43,64,68H,6-14,16,18-20,22,24-39,41-42,44-63H2,1-5H3/b17-15-,23-21-,43-40-. The van der Waals surface area contributed by atoms with Crippen molar-refractivity contribution in [2.75, 3.05) is 47.5 Å². The number of hydrogen-bond acceptors (Lipinski definition) is 8. The fraction of sp³-hybridized carbons (Fsp3) is 0.868. The Bertz CT molecular complexity index is 1360. The van der Waals surface area contributed by atoms with E-state index in [1.165, 1.54) is 218 Å². The van der Waals surface area contributed by atoms with E-state index < -0.39 is 24.3 Å². The van der Waals surface area contributed by atoms with Gasteiger partial charge >= 0.3 is 11.9 Å². The topological polar surface area (TPSA) is 111 Å². The van der Waals surface area contributed by atoms with Crippen LogP contribution in [0, 0.1) is 0 Å². The fourth-order valence-corrected chi connectivity index (χ4v) is 9.78. The fourth-order valence-electron chi connectivity index (χ4n) is 9.78. The number of allylic oxidation sites excluding steroid dienone is 6. The van der Waals surface area contributed by atoms with Crippen LogP contribution in [0.3, 0.4) is 0 Å². The summed E-state index contributed by atoms with van der Waals surface area (Å²) < 4.78 is 22.7. The summed E-state index contributed by atoms with van der Waals surface area (Å²) in [6.45, 7) is 4.75. The van der Waals surface area contributed by atoms with Gasteiger partial charge in [-0.25, -0.2) is 0 Å². The van der Waals surface area contributed by atoms with Crippen molar-refractivity contribution >= 4 is 17.9 Å². The number of carboxylic acid groups (broad SMARTS) is 1. The average Bonchev–Trinajstić information content (AvgIpc) is 3.40. The normalized spacial score (nSPS) is 12.9. The van der Waals surface area contributed by atoms with Gasteiger partial charge in [0.05, 0.1) is 40.3 Å². The Hall–Kier alpha value is -2.49. The lowest BCUT2D eigenvalue weighted by Gasteiger charge is -2.26. The first-order valence-corrected chi connectivity index (χ1v) is 33.1. The van der Waals surface area contributed by atoms with E-state index in [-0.39, 0.29) is 32.2 Å². The summed E-state index contributed by atoms with van der Waals surface area (Å²) in [5.74, 6) is -2.28. The number of ether oxygens (including phenoxy) is 4. The van der Waals surface area contributed by atoms with Crippen molar-refractivity contribution in [3.05, 3.63) is 36.5 Å². The van der Waals surface area contributed by atoms with E-state index in [2.05, 4.69) is 50.3 Å². The Kier molecular flexibility index (Phi) is 57.7. The highest BCUT2D eigenvalue weighted by atomic mass is 16.7. The van der Waals surface area contributed by atoms with Gasteiger partial charge in [-0.1, -0.05) is 294 Å². The van der Waals surface area contributed by atoms with Crippen LogP contribution < -0.4 is 5.11 Å². The molecule has 0 fully saturated rings. The molecule has 9 heteroatoms. The molecule has 0 aromatic carbocycles. The van der Waals surface area contributed by atoms with Crippen LogP contribution in [0.25, 0.3) is 0 Å². The third-order valence-corrected chi connectivity index (χ3v) is 14.9. The van der Waals surface area contributed by atoms with Crippen molar-refractivity contribution in [2.24, 2.45) is 0 Å². The van der Waals surface area contributed by atoms with Gasteiger partial charge in [0, 0.05) is 12.8 Å². The van der Waals surface area contributed by atoms with E-state index >= 15 is 0 Å². The molecule has 0 bridgehead atoms. The Morgan fingerprint density at radius 2 is 0.701 bits per heavy atom. The highest BCUT2D eigenvalue weighted by Gasteiger charge is 2.22. The third-order valence-electron chi connectivity index (χ3n) is 14.9. The van der Waals surface area contributed by atoms with Crippen LogP contribution in [0.2, 0.25) is 0 Å². The number of carboxylic acids is 1. The molecular weight excluding hydrogens is 959 g/mol. The largest absolute Gasteiger partial charge is 0.545 e. The molecule has 0 rings (SSSR count). The summed E-state index contributed by atoms with van der Waals surface area (Å²) >= 11 is 0. The highest BCUT2D eigenvalue weighted by Crippen LogP contribution is 2.18. The monoisotopic (exact) mass is 1090 g/mol. The zero-order valence-electron chi connectivity index (χ0n) is 51.6. The highest BCUT2D eigenvalue weighted by molar-refractivity contribution is 5.70. The van der Waals surface area contributed by atoms with E-state index in [4.69, 9.17) is 18.9 Å². The summed E-state index contributed by atoms with van der Waals surface area (Å²) in [6, 6.07) is 0. The third kappa shape index (κ3) is 61.0. The predicted molar refractivity (Wildman–Crippen MR) is 325 cm³/mol. The van der Waals surface area contributed by atoms with Gasteiger partial charge in [0.25, 0.3) is 0 Å². The van der Waals surface area contributed by atoms with E-state index in [0.29, 0.717) is 23.9 Å². The van der Waals surface area contributed by atoms with Crippen LogP contribution in [-0.2, 0) is 33.3 Å². The molecule has 2 unspecified atom stereocenters. The number of likely N-dealkylation sites (N-methyl/N-ethyl adjacent to an activating group) is 1. The number of esters is 2. The van der Waals surface area contributed by atoms with Gasteiger partial charge in [-0.15, -0.1) is 0 Å². The number of rotatable bonds is 62. The number of aliphatic carboxylic acids is 1. The molecule has 0 saturated heterocycles. The van der Waals surface area contributed by atoms with Crippen molar-refractivity contribution < 1.29 is 42.9 Å². The summed E-state index contributed by atoms with van der Waals surface area (Å²) in [5.41, 5.74) is 0. The van der Waals surface area contributed by atoms with Crippen LogP contribution in [-0.4, -0.2) is 82.3 Å². The predicted octanol–water partition coefficient (Wildman–Crippen LogP) is 18.7. The number of hydrogen-bond donors (Lipinski definition) is 0. The average molecular weight is 1090 g/mol. The summed E-state index contributed by atoms with van der Waals surface area (Å²) in [7, 11) is 5.93. The second-order valence-electron chi connectivity index (χ2n) is 23.8. The Morgan fingerprint density at radius 3 is 1.06 bits per heavy atom. The minimum Gasteiger partial charge on any atom is -0.545 e. The Labute approximate surface area is 477 Å². The molecule has 0 amide bonds. The smallest absolute Gasteiger partial charge is 0.306 e. The van der Waals surface area contributed by atoms with Gasteiger partial charge in [0.15, 0.2) is 12.4 Å². The Morgan fingerprint density at radius 1 is 0.390 bits per heavy atom. The summed E-state index contributed by atoms with van der Waals surface area (Å²) in [6.07, 6.45) is 70.9. The van der Waals surface area contributed by atoms with E-state index in [1.807, 2.05) is 21.1 Å². The lowest BCUT2D eigenvalue weighted by Crippen LogP contribution is -2.44. The molecular formula is C68H127NO8. The molecule has 452 valence electrons. The molecule has 0 aliphatic rings. The molecule has 0 aliphatic heterocycles. The number of quaternary nitrogens is 1. The number of unbranched alkanes of at least 4 members (excludes halogenated alkanes) is 41. The summed E-state index contributed by atoms with van der Waals surface area (Å²) in [4.78, 5) is 37.4. The zero-order valence-corrected chi connectivity index (χ0v) is 51.6. The van der Waals surface area contributed by atoms with Crippen LogP contribution in [0.4, 0.5) is 0 Å². The van der Waals surface area contributed by atoms with Crippen LogP contribution in [0.15, 0.2) is 36.5 Å². The number of carbonyl (C=O) groups is 3. The van der Waals surface area contributed by atoms with Gasteiger partial charge in [-0.2, -0.15) is 0 Å². The van der Waals surface area contributed by atoms with Gasteiger partial charge < -0.3 is 33.3 Å². The van der Waals surface area contributed by atoms with Gasteiger partial charge in [-0.3, -0.25) is 9.59 Å². The quantitative estimate of drug-likeness (QED) is 0.0195. The molecule has 0 aliphatic carbocycles. The molecule has 77 heavy (non-hydrogen) atoms. The molecule has 0 radical (unpaired) electrons. The molecule has 0 N–H and O–H groups in total. The lowest BCUT2D eigenvalue weighted by molar-refractivity contribution is -0.870. The second-order valence-corrected chi connectivity index (χ2v) is 23.8.